The van der Waals surface area contributed by atoms with Gasteiger partial charge in [-0.25, -0.2) is 14.8 Å². The van der Waals surface area contributed by atoms with Crippen LogP contribution in [-0.4, -0.2) is 25.6 Å². The number of aromatic carboxylic acids is 1. The zero-order chi connectivity index (χ0) is 11.8. The van der Waals surface area contributed by atoms with Crippen LogP contribution in [0.15, 0.2) is 30.9 Å². The molecule has 0 spiro atoms. The van der Waals surface area contributed by atoms with Gasteiger partial charge in [0.15, 0.2) is 5.69 Å². The lowest BCUT2D eigenvalue weighted by Crippen LogP contribution is -2.05. The highest BCUT2D eigenvalue weighted by Gasteiger charge is 2.25. The van der Waals surface area contributed by atoms with E-state index >= 15 is 0 Å². The second kappa shape index (κ2) is 3.69. The van der Waals surface area contributed by atoms with Crippen molar-refractivity contribution in [2.45, 2.75) is 18.8 Å². The van der Waals surface area contributed by atoms with E-state index in [0.29, 0.717) is 11.7 Å². The Morgan fingerprint density at radius 2 is 2.24 bits per heavy atom. The monoisotopic (exact) mass is 229 g/mol. The lowest BCUT2D eigenvalue weighted by molar-refractivity contribution is 0.0690. The number of carboxylic acid groups (broad SMARTS) is 1. The number of pyridine rings is 1. The van der Waals surface area contributed by atoms with E-state index in [1.807, 2.05) is 6.07 Å². The largest absolute Gasteiger partial charge is 0.477 e. The van der Waals surface area contributed by atoms with E-state index in [2.05, 4.69) is 9.97 Å². The highest BCUT2D eigenvalue weighted by molar-refractivity contribution is 5.85. The second-order valence-corrected chi connectivity index (χ2v) is 4.19. The van der Waals surface area contributed by atoms with Crippen molar-refractivity contribution in [1.29, 1.82) is 0 Å². The molecule has 2 aromatic rings. The second-order valence-electron chi connectivity index (χ2n) is 4.19. The summed E-state index contributed by atoms with van der Waals surface area (Å²) in [6.45, 7) is 0. The Hall–Kier alpha value is -2.17. The van der Waals surface area contributed by atoms with Gasteiger partial charge in [-0.2, -0.15) is 0 Å². The van der Waals surface area contributed by atoms with E-state index in [4.69, 9.17) is 5.11 Å². The molecule has 0 radical (unpaired) electrons. The van der Waals surface area contributed by atoms with Crippen molar-refractivity contribution in [3.63, 3.8) is 0 Å². The van der Waals surface area contributed by atoms with Crippen LogP contribution in [0, 0.1) is 0 Å². The van der Waals surface area contributed by atoms with Crippen LogP contribution in [0.1, 0.15) is 34.8 Å². The molecule has 1 aliphatic rings. The zero-order valence-electron chi connectivity index (χ0n) is 9.08. The molecule has 17 heavy (non-hydrogen) atoms. The van der Waals surface area contributed by atoms with Gasteiger partial charge in [0, 0.05) is 12.4 Å². The third-order valence-corrected chi connectivity index (χ3v) is 2.87. The van der Waals surface area contributed by atoms with Crippen LogP contribution in [0.5, 0.6) is 0 Å². The van der Waals surface area contributed by atoms with E-state index in [1.54, 1.807) is 29.4 Å². The molecule has 2 aromatic heterocycles. The van der Waals surface area contributed by atoms with Crippen LogP contribution in [0.4, 0.5) is 0 Å². The summed E-state index contributed by atoms with van der Waals surface area (Å²) >= 11 is 0. The zero-order valence-corrected chi connectivity index (χ0v) is 9.08. The summed E-state index contributed by atoms with van der Waals surface area (Å²) in [4.78, 5) is 19.1. The molecule has 1 N–H and O–H groups in total. The number of hydrogen-bond donors (Lipinski definition) is 1. The molecule has 0 aromatic carbocycles. The first-order valence-electron chi connectivity index (χ1n) is 5.47. The van der Waals surface area contributed by atoms with Crippen molar-refractivity contribution < 1.29 is 9.90 Å². The fourth-order valence-electron chi connectivity index (χ4n) is 1.83. The molecule has 2 heterocycles. The van der Waals surface area contributed by atoms with Crippen LogP contribution >= 0.6 is 0 Å². The summed E-state index contributed by atoms with van der Waals surface area (Å²) in [5.74, 6) is 0.122. The first kappa shape index (κ1) is 10.0. The van der Waals surface area contributed by atoms with Crippen molar-refractivity contribution in [3.05, 3.63) is 42.1 Å². The average Bonchev–Trinajstić information content (AvgIpc) is 3.04. The molecule has 0 aliphatic heterocycles. The van der Waals surface area contributed by atoms with Gasteiger partial charge in [-0.1, -0.05) is 0 Å². The molecule has 0 bridgehead atoms. The van der Waals surface area contributed by atoms with Crippen LogP contribution in [0.2, 0.25) is 0 Å². The number of hydrogen-bond acceptors (Lipinski definition) is 3. The fourth-order valence-corrected chi connectivity index (χ4v) is 1.83. The molecule has 0 amide bonds. The minimum Gasteiger partial charge on any atom is -0.477 e. The van der Waals surface area contributed by atoms with Gasteiger partial charge in [-0.05, 0) is 36.5 Å². The number of carbonyl (C=O) groups is 1. The maximum atomic E-state index is 11.0. The Labute approximate surface area is 97.8 Å². The summed E-state index contributed by atoms with van der Waals surface area (Å²) in [5.41, 5.74) is 1.15. The molecule has 1 fully saturated rings. The third kappa shape index (κ3) is 1.91. The van der Waals surface area contributed by atoms with Crippen molar-refractivity contribution in [2.75, 3.05) is 0 Å². The van der Waals surface area contributed by atoms with Gasteiger partial charge >= 0.3 is 5.97 Å². The molecule has 0 unspecified atom stereocenters. The molecular formula is C12H11N3O2. The molecule has 86 valence electrons. The third-order valence-electron chi connectivity index (χ3n) is 2.87. The number of rotatable bonds is 3. The maximum Gasteiger partial charge on any atom is 0.354 e. The topological polar surface area (TPSA) is 68.0 Å². The molecule has 5 heteroatoms. The van der Waals surface area contributed by atoms with Gasteiger partial charge in [0.2, 0.25) is 0 Å². The summed E-state index contributed by atoms with van der Waals surface area (Å²) in [6.07, 6.45) is 7.28. The summed E-state index contributed by atoms with van der Waals surface area (Å²) < 4.78 is 1.72. The first-order chi connectivity index (χ1) is 8.24. The van der Waals surface area contributed by atoms with Crippen LogP contribution in [0.25, 0.3) is 5.82 Å². The molecular weight excluding hydrogens is 218 g/mol. The maximum absolute atomic E-state index is 11.0. The molecule has 0 atom stereocenters. The Balaban J connectivity index is 2.11. The van der Waals surface area contributed by atoms with E-state index in [1.165, 1.54) is 0 Å². The van der Waals surface area contributed by atoms with Gasteiger partial charge < -0.3 is 5.11 Å². The molecule has 1 saturated carbocycles. The molecule has 5 nitrogen and oxygen atoms in total. The lowest BCUT2D eigenvalue weighted by Gasteiger charge is -2.06. The van der Waals surface area contributed by atoms with Crippen molar-refractivity contribution in [2.24, 2.45) is 0 Å². The van der Waals surface area contributed by atoms with Crippen molar-refractivity contribution >= 4 is 5.97 Å². The van der Waals surface area contributed by atoms with Crippen LogP contribution < -0.4 is 0 Å². The first-order valence-corrected chi connectivity index (χ1v) is 5.47. The summed E-state index contributed by atoms with van der Waals surface area (Å²) in [5, 5.41) is 9.05. The van der Waals surface area contributed by atoms with Crippen molar-refractivity contribution in [1.82, 2.24) is 14.5 Å². The van der Waals surface area contributed by atoms with Crippen LogP contribution in [0.3, 0.4) is 0 Å². The fraction of sp³-hybridized carbons (Fsp3) is 0.250. The quantitative estimate of drug-likeness (QED) is 0.872. The standard InChI is InChI=1S/C12H11N3O2/c16-12(17)10-5-9(8-1-2-8)6-11(14-10)15-4-3-13-7-15/h3-8H,1-2H2,(H,16,17). The molecule has 3 rings (SSSR count). The van der Waals surface area contributed by atoms with E-state index in [-0.39, 0.29) is 5.69 Å². The molecule has 0 saturated heterocycles. The summed E-state index contributed by atoms with van der Waals surface area (Å²) in [7, 11) is 0. The Bertz CT molecular complexity index is 559. The van der Waals surface area contributed by atoms with Gasteiger partial charge in [-0.15, -0.1) is 0 Å². The Kier molecular flexibility index (Phi) is 2.18. The van der Waals surface area contributed by atoms with Gasteiger partial charge in [-0.3, -0.25) is 4.57 Å². The van der Waals surface area contributed by atoms with E-state index in [9.17, 15) is 4.79 Å². The Morgan fingerprint density at radius 1 is 1.41 bits per heavy atom. The van der Waals surface area contributed by atoms with E-state index < -0.39 is 5.97 Å². The smallest absolute Gasteiger partial charge is 0.354 e. The van der Waals surface area contributed by atoms with E-state index in [0.717, 1.165) is 18.4 Å². The highest BCUT2D eigenvalue weighted by Crippen LogP contribution is 2.40. The average molecular weight is 229 g/mol. The lowest BCUT2D eigenvalue weighted by atomic mass is 10.1. The Morgan fingerprint density at radius 3 is 2.82 bits per heavy atom. The molecule has 1 aliphatic carbocycles. The predicted molar refractivity (Wildman–Crippen MR) is 60.3 cm³/mol. The SMILES string of the molecule is O=C(O)c1cc(C2CC2)cc(-n2ccnc2)n1. The van der Waals surface area contributed by atoms with Gasteiger partial charge in [0.25, 0.3) is 0 Å². The summed E-state index contributed by atoms with van der Waals surface area (Å²) in [6, 6.07) is 3.60. The highest BCUT2D eigenvalue weighted by atomic mass is 16.4. The number of nitrogens with zero attached hydrogens (tertiary/aromatic N) is 3. The van der Waals surface area contributed by atoms with Crippen LogP contribution in [-0.2, 0) is 0 Å². The number of aromatic nitrogens is 3. The minimum atomic E-state index is -0.992. The van der Waals surface area contributed by atoms with Gasteiger partial charge in [0.05, 0.1) is 0 Å². The number of imidazole rings is 1. The normalized spacial score (nSPS) is 14.8. The minimum absolute atomic E-state index is 0.0955. The van der Waals surface area contributed by atoms with Gasteiger partial charge in [0.1, 0.15) is 12.1 Å². The number of carboxylic acids is 1. The predicted octanol–water partition coefficient (Wildman–Crippen LogP) is 1.84. The van der Waals surface area contributed by atoms with Crippen molar-refractivity contribution in [3.8, 4) is 5.82 Å².